The third-order valence-corrected chi connectivity index (χ3v) is 3.85. The van der Waals surface area contributed by atoms with Crippen LogP contribution in [0.3, 0.4) is 0 Å². The van der Waals surface area contributed by atoms with E-state index in [4.69, 9.17) is 14.7 Å². The number of nitriles is 1. The van der Waals surface area contributed by atoms with Gasteiger partial charge in [0.05, 0.1) is 0 Å². The first kappa shape index (κ1) is 17.2. The minimum atomic E-state index is -0.400. The molecule has 3 aromatic carbocycles. The molecule has 0 saturated heterocycles. The number of hydrogen-bond donors (Lipinski definition) is 0. The fraction of sp³-hybridized carbons (Fsp3) is 0.0909. The van der Waals surface area contributed by atoms with Gasteiger partial charge in [-0.25, -0.2) is 4.79 Å². The molecule has 4 heteroatoms. The summed E-state index contributed by atoms with van der Waals surface area (Å²) in [6, 6.07) is 23.0. The number of hydrogen-bond acceptors (Lipinski definition) is 4. The second-order valence-corrected chi connectivity index (χ2v) is 5.60. The van der Waals surface area contributed by atoms with E-state index in [0.29, 0.717) is 5.75 Å². The van der Waals surface area contributed by atoms with Gasteiger partial charge in [-0.2, -0.15) is 5.26 Å². The molecule has 0 aliphatic rings. The second-order valence-electron chi connectivity index (χ2n) is 5.60. The zero-order chi connectivity index (χ0) is 18.2. The van der Waals surface area contributed by atoms with Gasteiger partial charge in [-0.15, -0.1) is 0 Å². The molecule has 0 N–H and O–H groups in total. The van der Waals surface area contributed by atoms with Gasteiger partial charge in [0.1, 0.15) is 18.4 Å². The normalized spacial score (nSPS) is 10.6. The van der Waals surface area contributed by atoms with E-state index in [9.17, 15) is 4.79 Å². The van der Waals surface area contributed by atoms with Crippen LogP contribution in [0.2, 0.25) is 0 Å². The molecule has 4 nitrogen and oxygen atoms in total. The molecule has 0 amide bonds. The molecule has 0 spiro atoms. The van der Waals surface area contributed by atoms with Crippen LogP contribution in [-0.2, 0) is 16.1 Å². The molecule has 0 heterocycles. The van der Waals surface area contributed by atoms with E-state index in [2.05, 4.69) is 0 Å². The van der Waals surface area contributed by atoms with Crippen LogP contribution in [0.15, 0.2) is 72.8 Å². The van der Waals surface area contributed by atoms with Crippen molar-refractivity contribution in [2.45, 2.75) is 6.61 Å². The highest BCUT2D eigenvalue weighted by Gasteiger charge is 2.03. The van der Waals surface area contributed by atoms with Gasteiger partial charge in [0.25, 0.3) is 0 Å². The van der Waals surface area contributed by atoms with Crippen molar-refractivity contribution in [3.63, 3.8) is 0 Å². The summed E-state index contributed by atoms with van der Waals surface area (Å²) in [5.74, 6) is 0.213. The topological polar surface area (TPSA) is 59.3 Å². The van der Waals surface area contributed by atoms with Crippen molar-refractivity contribution >= 4 is 22.8 Å². The Balaban J connectivity index is 1.58. The Morgan fingerprint density at radius 1 is 1.00 bits per heavy atom. The molecule has 0 saturated carbocycles. The van der Waals surface area contributed by atoms with Crippen LogP contribution in [-0.4, -0.2) is 12.6 Å². The number of carbonyl (C=O) groups excluding carboxylic acids is 1. The predicted molar refractivity (Wildman–Crippen MR) is 100 cm³/mol. The third kappa shape index (κ3) is 4.49. The van der Waals surface area contributed by atoms with Gasteiger partial charge < -0.3 is 9.47 Å². The molecule has 0 fully saturated rings. The van der Waals surface area contributed by atoms with Gasteiger partial charge in [0, 0.05) is 6.08 Å². The summed E-state index contributed by atoms with van der Waals surface area (Å²) in [5.41, 5.74) is 1.82. The van der Waals surface area contributed by atoms with Crippen molar-refractivity contribution in [3.8, 4) is 11.8 Å². The van der Waals surface area contributed by atoms with Crippen LogP contribution in [0.5, 0.6) is 5.75 Å². The maximum Gasteiger partial charge on any atom is 0.331 e. The van der Waals surface area contributed by atoms with Crippen molar-refractivity contribution in [2.24, 2.45) is 0 Å². The number of nitrogens with zero attached hydrogens (tertiary/aromatic N) is 1. The van der Waals surface area contributed by atoms with Gasteiger partial charge in [0.15, 0.2) is 6.61 Å². The van der Waals surface area contributed by atoms with Crippen molar-refractivity contribution in [3.05, 3.63) is 83.9 Å². The zero-order valence-corrected chi connectivity index (χ0v) is 14.1. The molecule has 0 aliphatic carbocycles. The van der Waals surface area contributed by atoms with Crippen LogP contribution in [0.4, 0.5) is 0 Å². The lowest BCUT2D eigenvalue weighted by atomic mass is 10.1. The van der Waals surface area contributed by atoms with E-state index in [1.54, 1.807) is 30.3 Å². The largest absolute Gasteiger partial charge is 0.479 e. The Bertz CT molecular complexity index is 963. The van der Waals surface area contributed by atoms with Crippen LogP contribution >= 0.6 is 0 Å². The third-order valence-electron chi connectivity index (χ3n) is 3.85. The maximum absolute atomic E-state index is 12.0. The lowest BCUT2D eigenvalue weighted by Gasteiger charge is -2.06. The van der Waals surface area contributed by atoms with E-state index < -0.39 is 5.97 Å². The van der Waals surface area contributed by atoms with Gasteiger partial charge in [-0.3, -0.25) is 0 Å². The molecule has 0 unspecified atom stereocenters. The van der Waals surface area contributed by atoms with Gasteiger partial charge in [-0.05, 0) is 40.1 Å². The Morgan fingerprint density at radius 2 is 1.77 bits per heavy atom. The summed E-state index contributed by atoms with van der Waals surface area (Å²) in [6.07, 6.45) is 3.08. The zero-order valence-electron chi connectivity index (χ0n) is 14.1. The second kappa shape index (κ2) is 8.50. The standard InChI is InChI=1S/C22H17NO3/c23-14-15-25-20-11-8-17(9-12-20)10-13-22(24)26-16-19-6-3-5-18-4-1-2-7-21(18)19/h1-13H,15-16H2/b13-10+. The van der Waals surface area contributed by atoms with Gasteiger partial charge in [-0.1, -0.05) is 54.6 Å². The van der Waals surface area contributed by atoms with E-state index in [1.165, 1.54) is 6.08 Å². The monoisotopic (exact) mass is 343 g/mol. The molecule has 0 radical (unpaired) electrons. The van der Waals surface area contributed by atoms with Crippen LogP contribution < -0.4 is 4.74 Å². The summed E-state index contributed by atoms with van der Waals surface area (Å²) < 4.78 is 10.5. The number of ether oxygens (including phenoxy) is 2. The first-order chi connectivity index (χ1) is 12.8. The average molecular weight is 343 g/mol. The summed E-state index contributed by atoms with van der Waals surface area (Å²) in [6.45, 7) is 0.237. The van der Waals surface area contributed by atoms with Gasteiger partial charge >= 0.3 is 5.97 Å². The SMILES string of the molecule is N#CCOc1ccc(/C=C/C(=O)OCc2cccc3ccccc23)cc1. The summed E-state index contributed by atoms with van der Waals surface area (Å²) in [7, 11) is 0. The smallest absolute Gasteiger partial charge is 0.331 e. The Hall–Kier alpha value is -3.58. The molecule has 0 aliphatic heterocycles. The highest BCUT2D eigenvalue weighted by Crippen LogP contribution is 2.19. The predicted octanol–water partition coefficient (Wildman–Crippen LogP) is 4.50. The number of carbonyl (C=O) groups is 1. The fourth-order valence-corrected chi connectivity index (χ4v) is 2.57. The highest BCUT2D eigenvalue weighted by atomic mass is 16.5. The molecule has 0 atom stereocenters. The highest BCUT2D eigenvalue weighted by molar-refractivity contribution is 5.88. The number of fused-ring (bicyclic) bond motifs is 1. The minimum Gasteiger partial charge on any atom is -0.479 e. The van der Waals surface area contributed by atoms with Crippen molar-refractivity contribution in [2.75, 3.05) is 6.61 Å². The lowest BCUT2D eigenvalue weighted by Crippen LogP contribution is -2.01. The van der Waals surface area contributed by atoms with E-state index >= 15 is 0 Å². The molecule has 0 bridgehead atoms. The summed E-state index contributed by atoms with van der Waals surface area (Å²) in [4.78, 5) is 12.0. The fourth-order valence-electron chi connectivity index (χ4n) is 2.57. The molecular weight excluding hydrogens is 326 g/mol. The minimum absolute atomic E-state index is 0.00960. The van der Waals surface area contributed by atoms with Crippen molar-refractivity contribution in [1.29, 1.82) is 5.26 Å². The first-order valence-corrected chi connectivity index (χ1v) is 8.17. The Morgan fingerprint density at radius 3 is 2.58 bits per heavy atom. The van der Waals surface area contributed by atoms with Crippen LogP contribution in [0.25, 0.3) is 16.8 Å². The quantitative estimate of drug-likeness (QED) is 0.488. The van der Waals surface area contributed by atoms with Crippen molar-refractivity contribution < 1.29 is 14.3 Å². The molecule has 0 aromatic heterocycles. The Labute approximate surface area is 151 Å². The molecule has 128 valence electrons. The number of rotatable bonds is 6. The molecular formula is C22H17NO3. The van der Waals surface area contributed by atoms with E-state index in [1.807, 2.05) is 48.5 Å². The van der Waals surface area contributed by atoms with Crippen LogP contribution in [0.1, 0.15) is 11.1 Å². The molecule has 3 aromatic rings. The number of benzene rings is 3. The average Bonchev–Trinajstić information content (AvgIpc) is 2.70. The van der Waals surface area contributed by atoms with E-state index in [-0.39, 0.29) is 13.2 Å². The van der Waals surface area contributed by atoms with Gasteiger partial charge in [0.2, 0.25) is 0 Å². The first-order valence-electron chi connectivity index (χ1n) is 8.17. The summed E-state index contributed by atoms with van der Waals surface area (Å²) >= 11 is 0. The summed E-state index contributed by atoms with van der Waals surface area (Å²) in [5, 5.41) is 10.7. The van der Waals surface area contributed by atoms with Crippen LogP contribution in [0, 0.1) is 11.3 Å². The van der Waals surface area contributed by atoms with Crippen molar-refractivity contribution in [1.82, 2.24) is 0 Å². The lowest BCUT2D eigenvalue weighted by molar-refractivity contribution is -0.138. The molecule has 3 rings (SSSR count). The Kier molecular flexibility index (Phi) is 5.64. The van der Waals surface area contributed by atoms with E-state index in [0.717, 1.165) is 21.9 Å². The number of esters is 1. The maximum atomic E-state index is 12.0. The molecule has 26 heavy (non-hydrogen) atoms.